The molecule has 0 fully saturated rings. The number of rotatable bonds is 11. The van der Waals surface area contributed by atoms with E-state index >= 15 is 0 Å². The molecule has 1 atom stereocenters. The zero-order valence-electron chi connectivity index (χ0n) is 21.0. The van der Waals surface area contributed by atoms with Gasteiger partial charge in [0.2, 0.25) is 5.95 Å². The molecule has 1 aromatic carbocycles. The highest BCUT2D eigenvalue weighted by Crippen LogP contribution is 2.19. The van der Waals surface area contributed by atoms with Crippen LogP contribution in [0.15, 0.2) is 27.8 Å². The van der Waals surface area contributed by atoms with Crippen molar-refractivity contribution in [3.05, 3.63) is 50.2 Å². The third-order valence-electron chi connectivity index (χ3n) is 6.27. The van der Waals surface area contributed by atoms with Gasteiger partial charge in [-0.2, -0.15) is 4.98 Å². The second-order valence-electron chi connectivity index (χ2n) is 8.59. The largest absolute Gasteiger partial charge is 0.491 e. The molecule has 34 heavy (non-hydrogen) atoms. The third kappa shape index (κ3) is 5.34. The fourth-order valence-corrected chi connectivity index (χ4v) is 3.88. The van der Waals surface area contributed by atoms with Crippen LogP contribution in [0.4, 0.5) is 5.95 Å². The summed E-state index contributed by atoms with van der Waals surface area (Å²) >= 11 is 0. The summed E-state index contributed by atoms with van der Waals surface area (Å²) in [5, 5.41) is 14.1. The minimum absolute atomic E-state index is 0.0488. The maximum Gasteiger partial charge on any atom is 0.332 e. The van der Waals surface area contributed by atoms with Crippen LogP contribution in [0.5, 0.6) is 5.75 Å². The zero-order valence-corrected chi connectivity index (χ0v) is 21.0. The Balaban J connectivity index is 1.88. The van der Waals surface area contributed by atoms with Crippen molar-refractivity contribution in [3.63, 3.8) is 0 Å². The first kappa shape index (κ1) is 25.5. The van der Waals surface area contributed by atoms with Crippen LogP contribution in [0.1, 0.15) is 25.0 Å². The molecule has 10 heteroatoms. The number of fused-ring (bicyclic) bond motifs is 1. The number of ether oxygens (including phenoxy) is 1. The highest BCUT2D eigenvalue weighted by Gasteiger charge is 2.21. The number of nitrogens with zero attached hydrogens (tertiary/aromatic N) is 5. The summed E-state index contributed by atoms with van der Waals surface area (Å²) in [6, 6.07) is 5.77. The third-order valence-corrected chi connectivity index (χ3v) is 6.27. The van der Waals surface area contributed by atoms with E-state index in [1.165, 1.54) is 17.2 Å². The Morgan fingerprint density at radius 1 is 1.12 bits per heavy atom. The lowest BCUT2D eigenvalue weighted by Gasteiger charge is -2.19. The Morgan fingerprint density at radius 3 is 2.47 bits per heavy atom. The van der Waals surface area contributed by atoms with Crippen molar-refractivity contribution >= 4 is 17.1 Å². The molecular weight excluding hydrogens is 436 g/mol. The maximum absolute atomic E-state index is 13.0. The first-order valence-corrected chi connectivity index (χ1v) is 11.7. The lowest BCUT2D eigenvalue weighted by Crippen LogP contribution is -2.38. The topological polar surface area (TPSA) is 107 Å². The number of benzene rings is 1. The summed E-state index contributed by atoms with van der Waals surface area (Å²) in [5.74, 6) is 1.11. The van der Waals surface area contributed by atoms with Crippen molar-refractivity contribution in [2.75, 3.05) is 38.1 Å². The van der Waals surface area contributed by atoms with Gasteiger partial charge in [-0.15, -0.1) is 0 Å². The number of hydrogen-bond acceptors (Lipinski definition) is 7. The Labute approximate surface area is 199 Å². The van der Waals surface area contributed by atoms with E-state index in [0.29, 0.717) is 18.2 Å². The van der Waals surface area contributed by atoms with Crippen molar-refractivity contribution in [3.8, 4) is 5.75 Å². The molecule has 2 aromatic heterocycles. The van der Waals surface area contributed by atoms with E-state index in [-0.39, 0.29) is 24.3 Å². The van der Waals surface area contributed by atoms with E-state index in [9.17, 15) is 14.7 Å². The highest BCUT2D eigenvalue weighted by molar-refractivity contribution is 5.74. The average molecular weight is 473 g/mol. The number of aryl methyl sites for hydroxylation is 3. The second kappa shape index (κ2) is 10.9. The van der Waals surface area contributed by atoms with Gasteiger partial charge in [-0.05, 0) is 50.2 Å². The van der Waals surface area contributed by atoms with Crippen molar-refractivity contribution in [2.24, 2.45) is 14.1 Å². The average Bonchev–Trinajstić information content (AvgIpc) is 3.18. The van der Waals surface area contributed by atoms with Crippen LogP contribution in [-0.4, -0.2) is 67.6 Å². The van der Waals surface area contributed by atoms with Crippen LogP contribution in [0.2, 0.25) is 0 Å². The fraction of sp³-hybridized carbons (Fsp3) is 0.542. The zero-order chi connectivity index (χ0) is 25.0. The van der Waals surface area contributed by atoms with Crippen molar-refractivity contribution < 1.29 is 9.84 Å². The normalized spacial score (nSPS) is 12.5. The fourth-order valence-electron chi connectivity index (χ4n) is 3.88. The number of likely N-dealkylation sites (N-methyl/N-ethyl adjacent to an activating group) is 1. The molecule has 10 nitrogen and oxygen atoms in total. The Bertz CT molecular complexity index is 1260. The van der Waals surface area contributed by atoms with Crippen LogP contribution in [0.25, 0.3) is 11.2 Å². The second-order valence-corrected chi connectivity index (χ2v) is 8.59. The van der Waals surface area contributed by atoms with Crippen LogP contribution in [-0.2, 0) is 20.6 Å². The van der Waals surface area contributed by atoms with Gasteiger partial charge < -0.3 is 24.6 Å². The smallest absolute Gasteiger partial charge is 0.332 e. The minimum atomic E-state index is -0.899. The molecule has 0 aliphatic heterocycles. The van der Waals surface area contributed by atoms with E-state index < -0.39 is 17.4 Å². The van der Waals surface area contributed by atoms with Crippen molar-refractivity contribution in [1.82, 2.24) is 23.6 Å². The quantitative estimate of drug-likeness (QED) is 0.433. The number of aliphatic hydroxyl groups excluding tert-OH is 1. The van der Waals surface area contributed by atoms with E-state index in [0.717, 1.165) is 29.8 Å². The lowest BCUT2D eigenvalue weighted by molar-refractivity contribution is 0.0937. The molecule has 0 aliphatic rings. The van der Waals surface area contributed by atoms with Crippen molar-refractivity contribution in [1.29, 1.82) is 0 Å². The molecular formula is C24H36N6O4. The van der Waals surface area contributed by atoms with Gasteiger partial charge in [-0.25, -0.2) is 4.79 Å². The SMILES string of the molecule is CCN(CC)CCNc1nc2c(c(=O)n(C)c(=O)n2C)n1C[C@@H](O)COc1ccc(C)c(C)c1. The summed E-state index contributed by atoms with van der Waals surface area (Å²) < 4.78 is 9.84. The molecule has 0 saturated heterocycles. The van der Waals surface area contributed by atoms with E-state index in [2.05, 4.69) is 29.0 Å². The van der Waals surface area contributed by atoms with Gasteiger partial charge in [0.1, 0.15) is 18.5 Å². The number of anilines is 1. The van der Waals surface area contributed by atoms with E-state index in [4.69, 9.17) is 4.74 Å². The molecule has 0 amide bonds. The van der Waals surface area contributed by atoms with Gasteiger partial charge in [0.05, 0.1) is 6.54 Å². The molecule has 2 heterocycles. The Morgan fingerprint density at radius 2 is 1.82 bits per heavy atom. The van der Waals surface area contributed by atoms with Crippen LogP contribution in [0.3, 0.4) is 0 Å². The molecule has 3 aromatic rings. The number of aromatic nitrogens is 4. The summed E-state index contributed by atoms with van der Waals surface area (Å²) in [7, 11) is 3.02. The maximum atomic E-state index is 13.0. The predicted octanol–water partition coefficient (Wildman–Crippen LogP) is 1.24. The molecule has 3 rings (SSSR count). The molecule has 0 unspecified atom stereocenters. The Kier molecular flexibility index (Phi) is 8.16. The standard InChI is InChI=1S/C24H36N6O4/c1-7-29(8-2)12-11-25-23-26-21-20(22(32)28(6)24(33)27(21)5)30(23)14-18(31)15-34-19-10-9-16(3)17(4)13-19/h9-10,13,18,31H,7-8,11-12,14-15H2,1-6H3,(H,25,26)/t18-/m1/s1. The van der Waals surface area contributed by atoms with Gasteiger partial charge in [0.25, 0.3) is 5.56 Å². The first-order chi connectivity index (χ1) is 16.2. The molecule has 0 radical (unpaired) electrons. The van der Waals surface area contributed by atoms with Gasteiger partial charge >= 0.3 is 5.69 Å². The van der Waals surface area contributed by atoms with E-state index in [1.54, 1.807) is 11.6 Å². The highest BCUT2D eigenvalue weighted by atomic mass is 16.5. The molecule has 186 valence electrons. The predicted molar refractivity (Wildman–Crippen MR) is 134 cm³/mol. The van der Waals surface area contributed by atoms with Crippen LogP contribution in [0, 0.1) is 13.8 Å². The molecule has 2 N–H and O–H groups in total. The van der Waals surface area contributed by atoms with Crippen LogP contribution >= 0.6 is 0 Å². The molecule has 0 saturated carbocycles. The number of aliphatic hydroxyl groups is 1. The summed E-state index contributed by atoms with van der Waals surface area (Å²) in [4.78, 5) is 32.2. The summed E-state index contributed by atoms with van der Waals surface area (Å²) in [5.41, 5.74) is 1.91. The van der Waals surface area contributed by atoms with Gasteiger partial charge in [-0.1, -0.05) is 19.9 Å². The summed E-state index contributed by atoms with van der Waals surface area (Å²) in [6.07, 6.45) is -0.899. The molecule has 0 spiro atoms. The number of imidazole rings is 1. The lowest BCUT2D eigenvalue weighted by atomic mass is 10.1. The van der Waals surface area contributed by atoms with Crippen molar-refractivity contribution in [2.45, 2.75) is 40.3 Å². The summed E-state index contributed by atoms with van der Waals surface area (Å²) in [6.45, 7) is 11.6. The van der Waals surface area contributed by atoms with Gasteiger partial charge in [0, 0.05) is 27.2 Å². The van der Waals surface area contributed by atoms with Gasteiger partial charge in [0.15, 0.2) is 11.2 Å². The molecule has 0 bridgehead atoms. The molecule has 0 aliphatic carbocycles. The number of hydrogen-bond donors (Lipinski definition) is 2. The first-order valence-electron chi connectivity index (χ1n) is 11.7. The van der Waals surface area contributed by atoms with Crippen LogP contribution < -0.4 is 21.3 Å². The van der Waals surface area contributed by atoms with Gasteiger partial charge in [-0.3, -0.25) is 13.9 Å². The monoisotopic (exact) mass is 472 g/mol. The minimum Gasteiger partial charge on any atom is -0.491 e. The number of nitrogens with one attached hydrogen (secondary N) is 1. The van der Waals surface area contributed by atoms with E-state index in [1.807, 2.05) is 32.0 Å². The Hall–Kier alpha value is -3.11.